The van der Waals surface area contributed by atoms with Gasteiger partial charge in [0.25, 0.3) is 5.91 Å². The van der Waals surface area contributed by atoms with Crippen LogP contribution in [0.3, 0.4) is 0 Å². The SMILES string of the molecule is CCSc1c(C(F)(F)F)ccc(C(=O)N(Cc2ccccc2)c2nnc(C)o2)c1F. The van der Waals surface area contributed by atoms with Gasteiger partial charge in [0, 0.05) is 6.92 Å². The highest BCUT2D eigenvalue weighted by molar-refractivity contribution is 7.99. The van der Waals surface area contributed by atoms with Gasteiger partial charge in [-0.2, -0.15) is 13.2 Å². The van der Waals surface area contributed by atoms with E-state index in [-0.39, 0.29) is 24.2 Å². The summed E-state index contributed by atoms with van der Waals surface area (Å²) < 4.78 is 60.3. The van der Waals surface area contributed by atoms with Gasteiger partial charge in [0.15, 0.2) is 0 Å². The van der Waals surface area contributed by atoms with Gasteiger partial charge in [-0.05, 0) is 23.4 Å². The highest BCUT2D eigenvalue weighted by Gasteiger charge is 2.37. The Bertz CT molecular complexity index is 1040. The summed E-state index contributed by atoms with van der Waals surface area (Å²) in [5, 5.41) is 7.50. The predicted octanol–water partition coefficient (Wildman–Crippen LogP) is 5.49. The third kappa shape index (κ3) is 4.64. The maximum absolute atomic E-state index is 15.1. The lowest BCUT2D eigenvalue weighted by Crippen LogP contribution is -2.32. The molecule has 10 heteroatoms. The lowest BCUT2D eigenvalue weighted by Gasteiger charge is -2.20. The maximum Gasteiger partial charge on any atom is 0.417 e. The van der Waals surface area contributed by atoms with Crippen molar-refractivity contribution < 1.29 is 26.8 Å². The monoisotopic (exact) mass is 439 g/mol. The summed E-state index contributed by atoms with van der Waals surface area (Å²) >= 11 is 0.685. The second-order valence-electron chi connectivity index (χ2n) is 6.22. The molecule has 30 heavy (non-hydrogen) atoms. The summed E-state index contributed by atoms with van der Waals surface area (Å²) in [5.74, 6) is -1.72. The fraction of sp³-hybridized carbons (Fsp3) is 0.250. The zero-order chi connectivity index (χ0) is 21.9. The number of rotatable bonds is 6. The van der Waals surface area contributed by atoms with E-state index in [1.54, 1.807) is 37.3 Å². The normalized spacial score (nSPS) is 11.5. The number of hydrogen-bond donors (Lipinski definition) is 0. The number of thioether (sulfide) groups is 1. The summed E-state index contributed by atoms with van der Waals surface area (Å²) in [6.07, 6.45) is -4.74. The van der Waals surface area contributed by atoms with Crippen LogP contribution in [0.1, 0.15) is 34.3 Å². The number of halogens is 4. The van der Waals surface area contributed by atoms with Crippen LogP contribution in [0.2, 0.25) is 0 Å². The topological polar surface area (TPSA) is 59.2 Å². The average Bonchev–Trinajstić information content (AvgIpc) is 3.13. The molecular weight excluding hydrogens is 422 g/mol. The Morgan fingerprint density at radius 1 is 1.13 bits per heavy atom. The van der Waals surface area contributed by atoms with E-state index >= 15 is 4.39 Å². The number of carbonyl (C=O) groups excluding carboxylic acids is 1. The van der Waals surface area contributed by atoms with E-state index in [0.717, 1.165) is 11.0 Å². The molecule has 2 aromatic carbocycles. The van der Waals surface area contributed by atoms with E-state index in [4.69, 9.17) is 4.42 Å². The van der Waals surface area contributed by atoms with Crippen molar-refractivity contribution in [2.24, 2.45) is 0 Å². The minimum Gasteiger partial charge on any atom is -0.408 e. The van der Waals surface area contributed by atoms with Gasteiger partial charge in [-0.1, -0.05) is 42.4 Å². The molecule has 1 heterocycles. The Labute approximate surface area is 174 Å². The molecule has 0 aliphatic carbocycles. The van der Waals surface area contributed by atoms with Gasteiger partial charge >= 0.3 is 12.2 Å². The minimum atomic E-state index is -4.74. The fourth-order valence-electron chi connectivity index (χ4n) is 2.76. The number of aromatic nitrogens is 2. The highest BCUT2D eigenvalue weighted by atomic mass is 32.2. The summed E-state index contributed by atoms with van der Waals surface area (Å²) in [7, 11) is 0. The van der Waals surface area contributed by atoms with Crippen molar-refractivity contribution >= 4 is 23.7 Å². The standard InChI is InChI=1S/C20H17F4N3O2S/c1-3-30-17-15(20(22,23)24)10-9-14(16(17)21)18(28)27(19-26-25-12(2)29-19)11-13-7-5-4-6-8-13/h4-10H,3,11H2,1-2H3. The van der Waals surface area contributed by atoms with Crippen LogP contribution >= 0.6 is 11.8 Å². The molecule has 0 aliphatic rings. The molecule has 5 nitrogen and oxygen atoms in total. The Balaban J connectivity index is 2.07. The maximum atomic E-state index is 15.1. The predicted molar refractivity (Wildman–Crippen MR) is 104 cm³/mol. The van der Waals surface area contributed by atoms with Crippen molar-refractivity contribution in [1.82, 2.24) is 10.2 Å². The van der Waals surface area contributed by atoms with Crippen LogP contribution in [0.15, 0.2) is 51.8 Å². The van der Waals surface area contributed by atoms with Crippen LogP contribution in [0.25, 0.3) is 0 Å². The van der Waals surface area contributed by atoms with Crippen LogP contribution in [0.4, 0.5) is 23.6 Å². The molecule has 1 amide bonds. The van der Waals surface area contributed by atoms with Crippen molar-refractivity contribution in [2.45, 2.75) is 31.5 Å². The number of anilines is 1. The zero-order valence-corrected chi connectivity index (χ0v) is 16.9. The average molecular weight is 439 g/mol. The van der Waals surface area contributed by atoms with Crippen LogP contribution < -0.4 is 4.90 Å². The van der Waals surface area contributed by atoms with Crippen molar-refractivity contribution in [3.8, 4) is 0 Å². The first-order chi connectivity index (χ1) is 14.2. The molecule has 0 atom stereocenters. The molecule has 3 rings (SSSR count). The number of nitrogens with zero attached hydrogens (tertiary/aromatic N) is 3. The zero-order valence-electron chi connectivity index (χ0n) is 16.0. The summed E-state index contributed by atoms with van der Waals surface area (Å²) in [4.78, 5) is 13.6. The van der Waals surface area contributed by atoms with E-state index < -0.39 is 33.9 Å². The molecule has 0 spiro atoms. The van der Waals surface area contributed by atoms with E-state index in [9.17, 15) is 18.0 Å². The first-order valence-corrected chi connectivity index (χ1v) is 9.89. The van der Waals surface area contributed by atoms with Gasteiger partial charge in [-0.15, -0.1) is 16.9 Å². The Morgan fingerprint density at radius 3 is 2.40 bits per heavy atom. The molecule has 0 N–H and O–H groups in total. The number of aryl methyl sites for hydroxylation is 1. The molecular formula is C20H17F4N3O2S. The molecule has 0 fully saturated rings. The smallest absolute Gasteiger partial charge is 0.408 e. The Hall–Kier alpha value is -2.88. The van der Waals surface area contributed by atoms with Gasteiger partial charge in [-0.3, -0.25) is 9.69 Å². The minimum absolute atomic E-state index is 0.0297. The van der Waals surface area contributed by atoms with Crippen LogP contribution in [0, 0.1) is 12.7 Å². The van der Waals surface area contributed by atoms with Gasteiger partial charge in [0.05, 0.1) is 22.6 Å². The molecule has 3 aromatic rings. The van der Waals surface area contributed by atoms with Gasteiger partial charge in [0.2, 0.25) is 5.89 Å². The van der Waals surface area contributed by atoms with Gasteiger partial charge in [0.1, 0.15) is 5.82 Å². The summed E-state index contributed by atoms with van der Waals surface area (Å²) in [5.41, 5.74) is -0.936. The quantitative estimate of drug-likeness (QED) is 0.375. The molecule has 0 bridgehead atoms. The number of carbonyl (C=O) groups is 1. The second kappa shape index (κ2) is 8.86. The van der Waals surface area contributed by atoms with Crippen molar-refractivity contribution in [2.75, 3.05) is 10.7 Å². The van der Waals surface area contributed by atoms with E-state index in [1.807, 2.05) is 0 Å². The summed E-state index contributed by atoms with van der Waals surface area (Å²) in [6.45, 7) is 3.09. The van der Waals surface area contributed by atoms with Crippen LogP contribution in [0.5, 0.6) is 0 Å². The second-order valence-corrected chi connectivity index (χ2v) is 7.49. The van der Waals surface area contributed by atoms with E-state index in [2.05, 4.69) is 10.2 Å². The molecule has 1 aromatic heterocycles. The Kier molecular flexibility index (Phi) is 6.45. The lowest BCUT2D eigenvalue weighted by atomic mass is 10.1. The number of alkyl halides is 3. The summed E-state index contributed by atoms with van der Waals surface area (Å²) in [6, 6.07) is 10.2. The van der Waals surface area contributed by atoms with Crippen molar-refractivity contribution in [3.05, 3.63) is 70.9 Å². The molecule has 0 aliphatic heterocycles. The fourth-order valence-corrected chi connectivity index (χ4v) is 3.63. The number of hydrogen-bond acceptors (Lipinski definition) is 5. The third-order valence-electron chi connectivity index (χ3n) is 4.10. The van der Waals surface area contributed by atoms with Gasteiger partial charge < -0.3 is 4.42 Å². The number of amides is 1. The highest BCUT2D eigenvalue weighted by Crippen LogP contribution is 2.39. The van der Waals surface area contributed by atoms with Crippen molar-refractivity contribution in [3.63, 3.8) is 0 Å². The molecule has 0 radical (unpaired) electrons. The first-order valence-electron chi connectivity index (χ1n) is 8.90. The Morgan fingerprint density at radius 2 is 1.83 bits per heavy atom. The van der Waals surface area contributed by atoms with Gasteiger partial charge in [-0.25, -0.2) is 4.39 Å². The lowest BCUT2D eigenvalue weighted by molar-refractivity contribution is -0.140. The molecule has 0 saturated heterocycles. The van der Waals surface area contributed by atoms with Crippen molar-refractivity contribution in [1.29, 1.82) is 0 Å². The first kappa shape index (κ1) is 21.8. The molecule has 158 valence electrons. The van der Waals surface area contributed by atoms with E-state index in [1.165, 1.54) is 6.92 Å². The molecule has 0 saturated carbocycles. The van der Waals surface area contributed by atoms with Crippen LogP contribution in [-0.4, -0.2) is 21.9 Å². The largest absolute Gasteiger partial charge is 0.417 e. The van der Waals surface area contributed by atoms with Crippen LogP contribution in [-0.2, 0) is 12.7 Å². The molecule has 0 unspecified atom stereocenters. The third-order valence-corrected chi connectivity index (χ3v) is 5.07. The number of benzene rings is 2. The van der Waals surface area contributed by atoms with E-state index in [0.29, 0.717) is 23.4 Å².